The summed E-state index contributed by atoms with van der Waals surface area (Å²) in [7, 11) is 0. The molecule has 0 aliphatic heterocycles. The number of amides is 1. The zero-order valence-corrected chi connectivity index (χ0v) is 18.0. The van der Waals surface area contributed by atoms with Crippen molar-refractivity contribution in [1.29, 1.82) is 0 Å². The molecule has 0 bridgehead atoms. The number of aliphatic hydroxyl groups excluding tert-OH is 1. The summed E-state index contributed by atoms with van der Waals surface area (Å²) in [6, 6.07) is 9.86. The maximum Gasteiger partial charge on any atom is 0.407 e. The van der Waals surface area contributed by atoms with Crippen molar-refractivity contribution in [3.63, 3.8) is 0 Å². The Balaban J connectivity index is 2.02. The van der Waals surface area contributed by atoms with Crippen molar-refractivity contribution in [3.8, 4) is 0 Å². The minimum absolute atomic E-state index is 0.126. The fourth-order valence-electron chi connectivity index (χ4n) is 4.07. The average molecular weight is 391 g/mol. The standard InChI is InChI=1S/C23H38N2O3/c1-5-13-23(14-9-10-15-23)24-17-19(26)20(16-18-11-7-6-8-12-18)28-21(27)25-22(2,3)4/h6-8,11-12,19-20,24,26H,5,9-10,13-17H2,1-4H3,(H,25,27)/t19-,20+/m1/s1. The summed E-state index contributed by atoms with van der Waals surface area (Å²) in [5.41, 5.74) is 0.784. The number of β-amino-alcohol motifs (C(OH)–C–C–N with tert-alkyl or cyclic N) is 1. The van der Waals surface area contributed by atoms with Crippen molar-refractivity contribution in [3.05, 3.63) is 35.9 Å². The van der Waals surface area contributed by atoms with E-state index in [4.69, 9.17) is 4.74 Å². The molecule has 5 nitrogen and oxygen atoms in total. The molecule has 28 heavy (non-hydrogen) atoms. The highest BCUT2D eigenvalue weighted by atomic mass is 16.6. The van der Waals surface area contributed by atoms with E-state index < -0.39 is 18.3 Å². The molecule has 1 aromatic carbocycles. The van der Waals surface area contributed by atoms with Gasteiger partial charge in [-0.2, -0.15) is 0 Å². The molecule has 1 saturated carbocycles. The van der Waals surface area contributed by atoms with E-state index in [0.29, 0.717) is 13.0 Å². The molecule has 1 fully saturated rings. The lowest BCUT2D eigenvalue weighted by Crippen LogP contribution is -2.51. The lowest BCUT2D eigenvalue weighted by atomic mass is 9.91. The largest absolute Gasteiger partial charge is 0.443 e. The van der Waals surface area contributed by atoms with Crippen molar-refractivity contribution in [2.75, 3.05) is 6.54 Å². The first-order valence-corrected chi connectivity index (χ1v) is 10.7. The number of alkyl carbamates (subject to hydrolysis) is 1. The fraction of sp³-hybridized carbons (Fsp3) is 0.696. The minimum Gasteiger partial charge on any atom is -0.443 e. The zero-order chi connectivity index (χ0) is 20.6. The maximum absolute atomic E-state index is 12.3. The third-order valence-electron chi connectivity index (χ3n) is 5.42. The SMILES string of the molecule is CCCC1(NC[C@@H](O)[C@H](Cc2ccccc2)OC(=O)NC(C)(C)C)CCCC1. The molecule has 0 saturated heterocycles. The monoisotopic (exact) mass is 390 g/mol. The van der Waals surface area contributed by atoms with Crippen molar-refractivity contribution < 1.29 is 14.6 Å². The molecule has 0 aromatic heterocycles. The van der Waals surface area contributed by atoms with Gasteiger partial charge in [0.15, 0.2) is 0 Å². The van der Waals surface area contributed by atoms with Crippen molar-refractivity contribution >= 4 is 6.09 Å². The Labute approximate surface area is 170 Å². The molecular formula is C23H38N2O3. The second-order valence-corrected chi connectivity index (χ2v) is 9.19. The normalized spacial score (nSPS) is 18.5. The molecule has 2 rings (SSSR count). The van der Waals surface area contributed by atoms with E-state index in [1.54, 1.807) is 0 Å². The molecule has 2 atom stereocenters. The van der Waals surface area contributed by atoms with Crippen molar-refractivity contribution in [2.24, 2.45) is 0 Å². The van der Waals surface area contributed by atoms with Crippen LogP contribution in [0.5, 0.6) is 0 Å². The highest BCUT2D eigenvalue weighted by Gasteiger charge is 2.34. The van der Waals surface area contributed by atoms with Crippen LogP contribution in [0.15, 0.2) is 30.3 Å². The molecular weight excluding hydrogens is 352 g/mol. The molecule has 158 valence electrons. The Morgan fingerprint density at radius 2 is 1.86 bits per heavy atom. The second-order valence-electron chi connectivity index (χ2n) is 9.19. The predicted molar refractivity (Wildman–Crippen MR) is 113 cm³/mol. The Kier molecular flexibility index (Phi) is 8.32. The quantitative estimate of drug-likeness (QED) is 0.591. The van der Waals surface area contributed by atoms with E-state index in [9.17, 15) is 9.90 Å². The molecule has 1 aliphatic carbocycles. The van der Waals surface area contributed by atoms with Gasteiger partial charge >= 0.3 is 6.09 Å². The van der Waals surface area contributed by atoms with E-state index >= 15 is 0 Å². The number of nitrogens with one attached hydrogen (secondary N) is 2. The topological polar surface area (TPSA) is 70.6 Å². The second kappa shape index (κ2) is 10.3. The van der Waals surface area contributed by atoms with E-state index in [2.05, 4.69) is 17.6 Å². The third-order valence-corrected chi connectivity index (χ3v) is 5.42. The number of rotatable bonds is 9. The van der Waals surface area contributed by atoms with Crippen LogP contribution in [0, 0.1) is 0 Å². The van der Waals surface area contributed by atoms with Gasteiger partial charge < -0.3 is 20.5 Å². The van der Waals surface area contributed by atoms with Crippen LogP contribution in [0.3, 0.4) is 0 Å². The molecule has 1 aliphatic rings. The number of hydrogen-bond acceptors (Lipinski definition) is 4. The van der Waals surface area contributed by atoms with Gasteiger partial charge in [-0.25, -0.2) is 4.79 Å². The molecule has 0 spiro atoms. The Morgan fingerprint density at radius 3 is 2.43 bits per heavy atom. The lowest BCUT2D eigenvalue weighted by molar-refractivity contribution is -0.00220. The number of carbonyl (C=O) groups is 1. The third kappa shape index (κ3) is 7.44. The first-order chi connectivity index (χ1) is 13.2. The first kappa shape index (κ1) is 22.7. The molecule has 0 radical (unpaired) electrons. The molecule has 1 amide bonds. The van der Waals surface area contributed by atoms with Gasteiger partial charge in [0.1, 0.15) is 12.2 Å². The van der Waals surface area contributed by atoms with E-state index in [0.717, 1.165) is 31.2 Å². The van der Waals surface area contributed by atoms with Crippen LogP contribution in [-0.4, -0.2) is 41.0 Å². The van der Waals surface area contributed by atoms with Crippen LogP contribution >= 0.6 is 0 Å². The summed E-state index contributed by atoms with van der Waals surface area (Å²) in [4.78, 5) is 12.3. The summed E-state index contributed by atoms with van der Waals surface area (Å²) in [6.07, 6.45) is 5.67. The van der Waals surface area contributed by atoms with E-state index in [1.807, 2.05) is 51.1 Å². The molecule has 0 heterocycles. The van der Waals surface area contributed by atoms with Crippen LogP contribution in [-0.2, 0) is 11.2 Å². The molecule has 3 N–H and O–H groups in total. The molecule has 0 unspecified atom stereocenters. The summed E-state index contributed by atoms with van der Waals surface area (Å²) in [5, 5.41) is 17.3. The van der Waals surface area contributed by atoms with Gasteiger partial charge in [-0.1, -0.05) is 56.5 Å². The van der Waals surface area contributed by atoms with E-state index in [1.165, 1.54) is 12.8 Å². The number of ether oxygens (including phenoxy) is 1. The van der Waals surface area contributed by atoms with Crippen molar-refractivity contribution in [2.45, 2.75) is 95.9 Å². The summed E-state index contributed by atoms with van der Waals surface area (Å²) in [6.45, 7) is 8.36. The van der Waals surface area contributed by atoms with Crippen LogP contribution in [0.4, 0.5) is 4.79 Å². The van der Waals surface area contributed by atoms with Gasteiger partial charge in [-0.15, -0.1) is 0 Å². The molecule has 5 heteroatoms. The summed E-state index contributed by atoms with van der Waals surface area (Å²) < 4.78 is 5.66. The van der Waals surface area contributed by atoms with Crippen molar-refractivity contribution in [1.82, 2.24) is 10.6 Å². The van der Waals surface area contributed by atoms with Gasteiger partial charge in [0.2, 0.25) is 0 Å². The first-order valence-electron chi connectivity index (χ1n) is 10.7. The highest BCUT2D eigenvalue weighted by molar-refractivity contribution is 5.68. The number of hydrogen-bond donors (Lipinski definition) is 3. The Morgan fingerprint density at radius 1 is 1.21 bits per heavy atom. The number of aliphatic hydroxyl groups is 1. The van der Waals surface area contributed by atoms with Gasteiger partial charge in [0, 0.05) is 24.0 Å². The summed E-state index contributed by atoms with van der Waals surface area (Å²) in [5.74, 6) is 0. The number of benzene rings is 1. The highest BCUT2D eigenvalue weighted by Crippen LogP contribution is 2.33. The predicted octanol–water partition coefficient (Wildman–Crippen LogP) is 4.19. The Hall–Kier alpha value is -1.59. The van der Waals surface area contributed by atoms with Crippen LogP contribution in [0.25, 0.3) is 0 Å². The van der Waals surface area contributed by atoms with E-state index in [-0.39, 0.29) is 11.1 Å². The average Bonchev–Trinajstić information content (AvgIpc) is 3.07. The van der Waals surface area contributed by atoms with Crippen LogP contribution in [0.2, 0.25) is 0 Å². The van der Waals surface area contributed by atoms with Crippen LogP contribution < -0.4 is 10.6 Å². The van der Waals surface area contributed by atoms with Gasteiger partial charge in [0.25, 0.3) is 0 Å². The fourth-order valence-corrected chi connectivity index (χ4v) is 4.07. The molecule has 1 aromatic rings. The Bertz CT molecular complexity index is 592. The lowest BCUT2D eigenvalue weighted by Gasteiger charge is -2.33. The van der Waals surface area contributed by atoms with Crippen LogP contribution in [0.1, 0.15) is 71.8 Å². The van der Waals surface area contributed by atoms with Gasteiger partial charge in [-0.05, 0) is 45.6 Å². The number of carbonyl (C=O) groups excluding carboxylic acids is 1. The zero-order valence-electron chi connectivity index (χ0n) is 18.0. The summed E-state index contributed by atoms with van der Waals surface area (Å²) >= 11 is 0. The maximum atomic E-state index is 12.3. The van der Waals surface area contributed by atoms with Gasteiger partial charge in [-0.3, -0.25) is 0 Å². The smallest absolute Gasteiger partial charge is 0.407 e. The van der Waals surface area contributed by atoms with Gasteiger partial charge in [0.05, 0.1) is 0 Å². The minimum atomic E-state index is -0.764.